The van der Waals surface area contributed by atoms with Gasteiger partial charge in [-0.05, 0) is 19.2 Å². The molecular weight excluding hydrogens is 450 g/mol. The van der Waals surface area contributed by atoms with Crippen LogP contribution in [0, 0.1) is 0 Å². The Hall–Kier alpha value is 0.601. The molecule has 7 nitrogen and oxygen atoms in total. The third-order valence-corrected chi connectivity index (χ3v) is 5.45. The van der Waals surface area contributed by atoms with E-state index in [0.717, 1.165) is 19.4 Å². The summed E-state index contributed by atoms with van der Waals surface area (Å²) in [6.45, 7) is 7.82. The molecule has 2 saturated heterocycles. The van der Waals surface area contributed by atoms with Crippen LogP contribution in [0.15, 0.2) is 24.3 Å². The van der Waals surface area contributed by atoms with Crippen LogP contribution in [-0.4, -0.2) is 103 Å². The van der Waals surface area contributed by atoms with Crippen molar-refractivity contribution < 1.29 is 88.6 Å². The van der Waals surface area contributed by atoms with Crippen LogP contribution in [0.5, 0.6) is 0 Å². The van der Waals surface area contributed by atoms with Gasteiger partial charge in [-0.15, -0.1) is 6.08 Å². The first-order valence-electron chi connectivity index (χ1n) is 11.3. The predicted octanol–water partition coefficient (Wildman–Crippen LogP) is -0.442. The Balaban J connectivity index is 0.000000324. The second-order valence-corrected chi connectivity index (χ2v) is 7.61. The summed E-state index contributed by atoms with van der Waals surface area (Å²) in [4.78, 5) is 1.84. The second-order valence-electron chi connectivity index (χ2n) is 7.61. The Bertz CT molecular complexity index is 446. The first kappa shape index (κ1) is 30.6. The van der Waals surface area contributed by atoms with Crippen molar-refractivity contribution in [2.24, 2.45) is 0 Å². The van der Waals surface area contributed by atoms with Crippen LogP contribution in [0.1, 0.15) is 12.8 Å². The van der Waals surface area contributed by atoms with Crippen molar-refractivity contribution in [1.82, 2.24) is 4.81 Å². The number of halogens is 2. The van der Waals surface area contributed by atoms with Crippen LogP contribution in [0.25, 0.3) is 0 Å². The van der Waals surface area contributed by atoms with Crippen LogP contribution in [0.3, 0.4) is 0 Å². The van der Waals surface area contributed by atoms with Gasteiger partial charge < -0.3 is 33.2 Å². The van der Waals surface area contributed by atoms with E-state index in [0.29, 0.717) is 85.6 Å². The number of rotatable bonds is 1. The Morgan fingerprint density at radius 2 is 1.03 bits per heavy atom. The topological polar surface area (TPSA) is 58.6 Å². The minimum atomic E-state index is -2.22. The molecule has 2 fully saturated rings. The van der Waals surface area contributed by atoms with E-state index in [1.807, 2.05) is 17.1 Å². The molecule has 0 aliphatic carbocycles. The van der Waals surface area contributed by atoms with Crippen molar-refractivity contribution in [1.29, 1.82) is 0 Å². The molecule has 3 rings (SSSR count). The van der Waals surface area contributed by atoms with Crippen LogP contribution in [0.4, 0.5) is 8.78 Å². The third-order valence-electron chi connectivity index (χ3n) is 5.45. The predicted molar refractivity (Wildman–Crippen MR) is 116 cm³/mol. The quantitative estimate of drug-likeness (QED) is 0.465. The number of hydrogen-bond donors (Lipinski definition) is 0. The number of fused-ring (bicyclic) bond motifs is 1. The normalized spacial score (nSPS) is 26.7. The number of nitrogens with zero attached hydrogens (tertiary/aromatic N) is 1. The molecule has 0 radical (unpaired) electrons. The standard InChI is InChI=1S/C12H24O6.C9H13BF2N.K/c1-2-14-5-6-16-9-10-18-12-11-17-8-7-15-4-3-13-1;11-9(12)10-5-1-3-7-13(10)8-4-2-6-10;/h1-12H2;1,3,5,7,9H,2,4,6,8H2;/q;-1;+1. The zero-order valence-electron chi connectivity index (χ0n) is 19.4. The zero-order valence-corrected chi connectivity index (χ0v) is 22.6. The van der Waals surface area contributed by atoms with Gasteiger partial charge in [-0.25, -0.2) is 5.98 Å². The summed E-state index contributed by atoms with van der Waals surface area (Å²) in [5.74, 6) is 1.71. The molecule has 11 heteroatoms. The summed E-state index contributed by atoms with van der Waals surface area (Å²) in [7, 11) is 0. The minimum Gasteiger partial charge on any atom is -0.543 e. The van der Waals surface area contributed by atoms with E-state index in [9.17, 15) is 8.78 Å². The maximum Gasteiger partial charge on any atom is 1.00 e. The Labute approximate surface area is 233 Å². The van der Waals surface area contributed by atoms with Crippen molar-refractivity contribution in [3.05, 3.63) is 24.3 Å². The molecule has 0 bridgehead atoms. The summed E-state index contributed by atoms with van der Waals surface area (Å²) in [5, 5.41) is 0. The van der Waals surface area contributed by atoms with Gasteiger partial charge >= 0.3 is 51.4 Å². The van der Waals surface area contributed by atoms with Gasteiger partial charge in [0.15, 0.2) is 6.28 Å². The van der Waals surface area contributed by atoms with Crippen LogP contribution < -0.4 is 51.4 Å². The summed E-state index contributed by atoms with van der Waals surface area (Å²) in [5.41, 5.74) is 0. The molecule has 3 heterocycles. The fourth-order valence-electron chi connectivity index (χ4n) is 3.70. The molecule has 0 N–H and O–H groups in total. The molecule has 1 unspecified atom stereocenters. The molecule has 0 aromatic carbocycles. The van der Waals surface area contributed by atoms with Gasteiger partial charge in [0.1, 0.15) is 6.32 Å². The molecule has 0 aromatic rings. The van der Waals surface area contributed by atoms with Crippen molar-refractivity contribution in [2.75, 3.05) is 85.8 Å². The molecule has 0 aromatic heterocycles. The van der Waals surface area contributed by atoms with E-state index >= 15 is 0 Å². The molecule has 0 amide bonds. The minimum absolute atomic E-state index is 0. The van der Waals surface area contributed by atoms with Gasteiger partial charge in [0.2, 0.25) is 0 Å². The van der Waals surface area contributed by atoms with Gasteiger partial charge in [0.05, 0.1) is 79.3 Å². The van der Waals surface area contributed by atoms with Crippen LogP contribution in [0.2, 0.25) is 6.32 Å². The van der Waals surface area contributed by atoms with Gasteiger partial charge in [0, 0.05) is 0 Å². The number of alkyl halides is 2. The molecule has 3 aliphatic heterocycles. The molecule has 32 heavy (non-hydrogen) atoms. The maximum atomic E-state index is 12.9. The van der Waals surface area contributed by atoms with E-state index in [-0.39, 0.29) is 51.4 Å². The smallest absolute Gasteiger partial charge is 0.543 e. The largest absolute Gasteiger partial charge is 1.00 e. The summed E-state index contributed by atoms with van der Waals surface area (Å²) in [6.07, 6.45) is 4.10. The molecule has 0 spiro atoms. The van der Waals surface area contributed by atoms with Gasteiger partial charge in [-0.3, -0.25) is 8.78 Å². The van der Waals surface area contributed by atoms with Gasteiger partial charge in [-0.1, -0.05) is 12.5 Å². The molecule has 0 saturated carbocycles. The monoisotopic (exact) mass is 487 g/mol. The fraction of sp³-hybridized carbons (Fsp3) is 0.810. The molecular formula is C21H37BF2KNO6. The summed E-state index contributed by atoms with van der Waals surface area (Å²) >= 11 is 0. The number of allylic oxidation sites excluding steroid dienone is 2. The average molecular weight is 487 g/mol. The molecule has 180 valence electrons. The van der Waals surface area contributed by atoms with E-state index in [2.05, 4.69) is 0 Å². The van der Waals surface area contributed by atoms with E-state index in [1.54, 1.807) is 12.1 Å². The molecule has 1 atom stereocenters. The van der Waals surface area contributed by atoms with Gasteiger partial charge in [0.25, 0.3) is 0 Å². The van der Waals surface area contributed by atoms with Crippen molar-refractivity contribution in [3.63, 3.8) is 0 Å². The number of hydrogen-bond acceptors (Lipinski definition) is 7. The SMILES string of the molecule is C1COCCOCCOCCOCCOCCO1.FC(F)[B-]12C=CC=CN1CCCC2.[K+]. The zero-order chi connectivity index (χ0) is 22.0. The first-order valence-corrected chi connectivity index (χ1v) is 11.3. The average Bonchev–Trinajstić information content (AvgIpc) is 2.79. The van der Waals surface area contributed by atoms with E-state index in [1.165, 1.54) is 0 Å². The van der Waals surface area contributed by atoms with E-state index < -0.39 is 12.6 Å². The summed E-state index contributed by atoms with van der Waals surface area (Å²) in [6, 6.07) is 0. The van der Waals surface area contributed by atoms with Crippen LogP contribution in [-0.2, 0) is 28.4 Å². The number of ether oxygens (including phenoxy) is 6. The Morgan fingerprint density at radius 1 is 0.625 bits per heavy atom. The van der Waals surface area contributed by atoms with Gasteiger partial charge in [-0.2, -0.15) is 6.32 Å². The maximum absolute atomic E-state index is 12.9. The Morgan fingerprint density at radius 3 is 1.38 bits per heavy atom. The summed E-state index contributed by atoms with van der Waals surface area (Å²) < 4.78 is 57.9. The first-order chi connectivity index (χ1) is 15.3. The van der Waals surface area contributed by atoms with Crippen molar-refractivity contribution in [2.45, 2.75) is 25.5 Å². The van der Waals surface area contributed by atoms with Crippen molar-refractivity contribution in [3.8, 4) is 0 Å². The van der Waals surface area contributed by atoms with E-state index in [4.69, 9.17) is 28.4 Å². The van der Waals surface area contributed by atoms with Crippen LogP contribution >= 0.6 is 0 Å². The second kappa shape index (κ2) is 19.9. The molecule has 3 aliphatic rings. The van der Waals surface area contributed by atoms with Crippen molar-refractivity contribution >= 4 is 6.28 Å². The fourth-order valence-corrected chi connectivity index (χ4v) is 3.70. The Kier molecular flexibility index (Phi) is 19.0. The third kappa shape index (κ3) is 12.3.